The Balaban J connectivity index is 1.85. The van der Waals surface area contributed by atoms with Crippen LogP contribution in [0.4, 0.5) is 0 Å². The van der Waals surface area contributed by atoms with Gasteiger partial charge in [0, 0.05) is 54.9 Å². The number of hydrogen-bond donors (Lipinski definition) is 1. The van der Waals surface area contributed by atoms with Crippen LogP contribution < -0.4 is 5.32 Å². The van der Waals surface area contributed by atoms with Crippen molar-refractivity contribution in [3.05, 3.63) is 20.8 Å². The van der Waals surface area contributed by atoms with Gasteiger partial charge in [-0.1, -0.05) is 0 Å². The molecule has 20 heavy (non-hydrogen) atoms. The Morgan fingerprint density at radius 1 is 1.40 bits per heavy atom. The highest BCUT2D eigenvalue weighted by molar-refractivity contribution is 9.10. The van der Waals surface area contributed by atoms with Crippen LogP contribution >= 0.6 is 27.3 Å². The Hall–Kier alpha value is -1.08. The molecule has 0 unspecified atom stereocenters. The van der Waals surface area contributed by atoms with Crippen LogP contribution in [0.5, 0.6) is 0 Å². The molecule has 110 valence electrons. The van der Waals surface area contributed by atoms with Crippen molar-refractivity contribution in [1.82, 2.24) is 15.1 Å². The summed E-state index contributed by atoms with van der Waals surface area (Å²) in [4.78, 5) is 21.0. The van der Waals surface area contributed by atoms with Crippen molar-refractivity contribution >= 4 is 39.1 Å². The van der Waals surface area contributed by atoms with E-state index in [1.54, 1.807) is 25.3 Å². The van der Waals surface area contributed by atoms with Crippen LogP contribution in [-0.4, -0.2) is 54.9 Å². The van der Waals surface area contributed by atoms with Crippen LogP contribution in [-0.2, 0) is 11.3 Å². The number of hydrogen-bond acceptors (Lipinski definition) is 3. The molecule has 1 saturated heterocycles. The summed E-state index contributed by atoms with van der Waals surface area (Å²) in [6.45, 7) is 5.58. The smallest absolute Gasteiger partial charge is 0.219 e. The Morgan fingerprint density at radius 2 is 2.05 bits per heavy atom. The van der Waals surface area contributed by atoms with Gasteiger partial charge >= 0.3 is 0 Å². The van der Waals surface area contributed by atoms with Gasteiger partial charge in [-0.15, -0.1) is 11.3 Å². The fraction of sp³-hybridized carbons (Fsp3) is 0.538. The number of piperazine rings is 1. The lowest BCUT2D eigenvalue weighted by molar-refractivity contribution is -0.130. The highest BCUT2D eigenvalue weighted by atomic mass is 79.9. The number of aliphatic imine (C=N–C) groups is 1. The highest BCUT2D eigenvalue weighted by Gasteiger charge is 2.20. The van der Waals surface area contributed by atoms with E-state index in [2.05, 4.69) is 42.6 Å². The molecule has 1 aliphatic rings. The lowest BCUT2D eigenvalue weighted by atomic mass is 10.3. The van der Waals surface area contributed by atoms with Crippen molar-refractivity contribution in [2.24, 2.45) is 4.99 Å². The summed E-state index contributed by atoms with van der Waals surface area (Å²) in [6, 6.07) is 2.11. The quantitative estimate of drug-likeness (QED) is 0.647. The summed E-state index contributed by atoms with van der Waals surface area (Å²) >= 11 is 5.17. The second kappa shape index (κ2) is 7.08. The van der Waals surface area contributed by atoms with E-state index in [1.807, 2.05) is 4.90 Å². The molecule has 1 N–H and O–H groups in total. The zero-order valence-electron chi connectivity index (χ0n) is 11.7. The largest absolute Gasteiger partial charge is 0.351 e. The summed E-state index contributed by atoms with van der Waals surface area (Å²) in [6.07, 6.45) is 0. The van der Waals surface area contributed by atoms with Crippen LogP contribution in [0.3, 0.4) is 0 Å². The standard InChI is InChI=1S/C13H19BrN4OS/c1-10(19)17-3-5-18(6-4-17)13(15-2)16-8-12-7-11(14)9-20-12/h7,9H,3-6,8H2,1-2H3,(H,15,16). The van der Waals surface area contributed by atoms with E-state index in [4.69, 9.17) is 0 Å². The van der Waals surface area contributed by atoms with Crippen LogP contribution in [0.15, 0.2) is 20.9 Å². The van der Waals surface area contributed by atoms with E-state index in [0.717, 1.165) is 43.2 Å². The Morgan fingerprint density at radius 3 is 2.55 bits per heavy atom. The Kier molecular flexibility index (Phi) is 5.42. The van der Waals surface area contributed by atoms with Gasteiger partial charge in [-0.2, -0.15) is 0 Å². The molecule has 0 radical (unpaired) electrons. The van der Waals surface area contributed by atoms with Crippen LogP contribution in [0.25, 0.3) is 0 Å². The second-order valence-electron chi connectivity index (χ2n) is 4.63. The first kappa shape index (κ1) is 15.3. The van der Waals surface area contributed by atoms with E-state index in [-0.39, 0.29) is 5.91 Å². The summed E-state index contributed by atoms with van der Waals surface area (Å²) in [5, 5.41) is 5.45. The first-order valence-electron chi connectivity index (χ1n) is 6.54. The zero-order valence-corrected chi connectivity index (χ0v) is 14.1. The second-order valence-corrected chi connectivity index (χ2v) is 6.54. The predicted molar refractivity (Wildman–Crippen MR) is 86.0 cm³/mol. The molecule has 0 spiro atoms. The first-order valence-corrected chi connectivity index (χ1v) is 8.21. The molecule has 2 rings (SSSR count). The molecule has 1 fully saturated rings. The van der Waals surface area contributed by atoms with Gasteiger partial charge in [-0.3, -0.25) is 9.79 Å². The van der Waals surface area contributed by atoms with Crippen LogP contribution in [0, 0.1) is 0 Å². The van der Waals surface area contributed by atoms with Crippen molar-refractivity contribution in [2.45, 2.75) is 13.5 Å². The van der Waals surface area contributed by atoms with Crippen molar-refractivity contribution < 1.29 is 4.79 Å². The van der Waals surface area contributed by atoms with E-state index in [0.29, 0.717) is 0 Å². The molecule has 0 aromatic carbocycles. The van der Waals surface area contributed by atoms with E-state index < -0.39 is 0 Å². The van der Waals surface area contributed by atoms with Gasteiger partial charge in [-0.25, -0.2) is 0 Å². The van der Waals surface area contributed by atoms with Crippen molar-refractivity contribution in [1.29, 1.82) is 0 Å². The number of rotatable bonds is 2. The minimum absolute atomic E-state index is 0.149. The van der Waals surface area contributed by atoms with Gasteiger partial charge in [0.05, 0.1) is 6.54 Å². The van der Waals surface area contributed by atoms with Gasteiger partial charge in [-0.05, 0) is 22.0 Å². The maximum atomic E-state index is 11.3. The molecular formula is C13H19BrN4OS. The number of nitrogens with one attached hydrogen (secondary N) is 1. The Labute approximate surface area is 131 Å². The molecule has 1 aromatic rings. The molecule has 2 heterocycles. The molecule has 5 nitrogen and oxygen atoms in total. The minimum atomic E-state index is 0.149. The fourth-order valence-electron chi connectivity index (χ4n) is 2.18. The molecule has 1 aliphatic heterocycles. The molecule has 1 aromatic heterocycles. The number of halogens is 1. The minimum Gasteiger partial charge on any atom is -0.351 e. The van der Waals surface area contributed by atoms with Crippen LogP contribution in [0.1, 0.15) is 11.8 Å². The van der Waals surface area contributed by atoms with Gasteiger partial charge in [0.25, 0.3) is 0 Å². The summed E-state index contributed by atoms with van der Waals surface area (Å²) in [5.41, 5.74) is 0. The van der Waals surface area contributed by atoms with Gasteiger partial charge in [0.1, 0.15) is 0 Å². The molecule has 0 aliphatic carbocycles. The lowest BCUT2D eigenvalue weighted by Crippen LogP contribution is -2.53. The third kappa shape index (κ3) is 3.96. The monoisotopic (exact) mass is 358 g/mol. The molecular weight excluding hydrogens is 340 g/mol. The molecule has 1 amide bonds. The lowest BCUT2D eigenvalue weighted by Gasteiger charge is -2.36. The van der Waals surface area contributed by atoms with Crippen LogP contribution in [0.2, 0.25) is 0 Å². The maximum Gasteiger partial charge on any atom is 0.219 e. The third-order valence-electron chi connectivity index (χ3n) is 3.28. The fourth-order valence-corrected chi connectivity index (χ4v) is 3.57. The number of carbonyl (C=O) groups is 1. The molecule has 0 bridgehead atoms. The third-order valence-corrected chi connectivity index (χ3v) is 4.98. The average Bonchev–Trinajstić information content (AvgIpc) is 2.86. The van der Waals surface area contributed by atoms with E-state index in [9.17, 15) is 4.79 Å². The predicted octanol–water partition coefficient (Wildman–Crippen LogP) is 1.75. The number of nitrogens with zero attached hydrogens (tertiary/aromatic N) is 3. The number of carbonyl (C=O) groups excluding carboxylic acids is 1. The SMILES string of the molecule is CN=C(NCc1cc(Br)cs1)N1CCN(C(C)=O)CC1. The van der Waals surface area contributed by atoms with Gasteiger partial charge in [0.15, 0.2) is 5.96 Å². The zero-order chi connectivity index (χ0) is 14.5. The maximum absolute atomic E-state index is 11.3. The summed E-state index contributed by atoms with van der Waals surface area (Å²) < 4.78 is 1.12. The topological polar surface area (TPSA) is 47.9 Å². The van der Waals surface area contributed by atoms with Gasteiger partial charge in [0.2, 0.25) is 5.91 Å². The summed E-state index contributed by atoms with van der Waals surface area (Å²) in [7, 11) is 1.80. The van der Waals surface area contributed by atoms with Gasteiger partial charge < -0.3 is 15.1 Å². The molecule has 0 atom stereocenters. The number of guanidine groups is 1. The summed E-state index contributed by atoms with van der Waals surface area (Å²) in [5.74, 6) is 1.05. The molecule has 0 saturated carbocycles. The highest BCUT2D eigenvalue weighted by Crippen LogP contribution is 2.19. The van der Waals surface area contributed by atoms with Crippen molar-refractivity contribution in [2.75, 3.05) is 33.2 Å². The number of amides is 1. The Bertz CT molecular complexity index is 494. The van der Waals surface area contributed by atoms with Crippen molar-refractivity contribution in [3.8, 4) is 0 Å². The van der Waals surface area contributed by atoms with E-state index in [1.165, 1.54) is 4.88 Å². The molecule has 7 heteroatoms. The number of thiophene rings is 1. The first-order chi connectivity index (χ1) is 9.60. The van der Waals surface area contributed by atoms with E-state index >= 15 is 0 Å². The van der Waals surface area contributed by atoms with Crippen molar-refractivity contribution in [3.63, 3.8) is 0 Å². The average molecular weight is 359 g/mol. The normalized spacial score (nSPS) is 16.4.